The molecule has 0 radical (unpaired) electrons. The van der Waals surface area contributed by atoms with Crippen LogP contribution in [0.4, 0.5) is 11.4 Å². The third kappa shape index (κ3) is 3.26. The van der Waals surface area contributed by atoms with Crippen molar-refractivity contribution in [2.24, 2.45) is 0 Å². The van der Waals surface area contributed by atoms with Gasteiger partial charge in [-0.1, -0.05) is 12.1 Å². The van der Waals surface area contributed by atoms with Crippen LogP contribution in [0, 0.1) is 0 Å². The maximum absolute atomic E-state index is 3.79. The smallest absolute Gasteiger partial charge is 0.0602 e. The van der Waals surface area contributed by atoms with Gasteiger partial charge in [-0.15, -0.1) is 0 Å². The second-order valence-corrected chi connectivity index (χ2v) is 6.31. The van der Waals surface area contributed by atoms with E-state index >= 15 is 0 Å². The van der Waals surface area contributed by atoms with Gasteiger partial charge in [-0.2, -0.15) is 0 Å². The predicted octanol–water partition coefficient (Wildman–Crippen LogP) is 3.18. The fraction of sp³-hybridized carbons (Fsp3) is 0.647. The zero-order valence-electron chi connectivity index (χ0n) is 12.6. The van der Waals surface area contributed by atoms with Gasteiger partial charge in [0.25, 0.3) is 0 Å². The highest BCUT2D eigenvalue weighted by Gasteiger charge is 2.19. The van der Waals surface area contributed by atoms with Crippen LogP contribution in [0.3, 0.4) is 0 Å². The molecule has 2 aliphatic heterocycles. The van der Waals surface area contributed by atoms with Crippen molar-refractivity contribution >= 4 is 11.4 Å². The molecule has 2 heterocycles. The van der Waals surface area contributed by atoms with E-state index in [-0.39, 0.29) is 0 Å². The number of rotatable bonds is 3. The van der Waals surface area contributed by atoms with E-state index in [0.29, 0.717) is 6.04 Å². The lowest BCUT2D eigenvalue weighted by Crippen LogP contribution is -2.40. The van der Waals surface area contributed by atoms with Crippen LogP contribution in [0.2, 0.25) is 0 Å². The van der Waals surface area contributed by atoms with Crippen LogP contribution in [-0.2, 0) is 0 Å². The lowest BCUT2D eigenvalue weighted by molar-refractivity contribution is 0.261. The normalized spacial score (nSPS) is 24.6. The molecule has 2 saturated heterocycles. The first kappa shape index (κ1) is 13.7. The Kier molecular flexibility index (Phi) is 4.46. The molecule has 1 aromatic carbocycles. The molecule has 2 fully saturated rings. The standard InChI is InChI=1S/C17H27N3/c1-19-11-7-8-15(14-19)18-16-9-3-4-10-17(16)20-12-5-2-6-13-20/h3-4,9-10,15,18H,2,5-8,11-14H2,1H3. The number of benzene rings is 1. The van der Waals surface area contributed by atoms with Crippen molar-refractivity contribution in [1.29, 1.82) is 0 Å². The van der Waals surface area contributed by atoms with E-state index in [1.807, 2.05) is 0 Å². The molecular weight excluding hydrogens is 246 g/mol. The molecule has 0 amide bonds. The summed E-state index contributed by atoms with van der Waals surface area (Å²) in [5.41, 5.74) is 2.73. The molecule has 0 aliphatic carbocycles. The predicted molar refractivity (Wildman–Crippen MR) is 86.6 cm³/mol. The first-order valence-electron chi connectivity index (χ1n) is 8.12. The number of nitrogens with one attached hydrogen (secondary N) is 1. The fourth-order valence-electron chi connectivity index (χ4n) is 3.51. The molecule has 0 aromatic heterocycles. The van der Waals surface area contributed by atoms with E-state index in [1.165, 1.54) is 63.1 Å². The van der Waals surface area contributed by atoms with E-state index in [4.69, 9.17) is 0 Å². The first-order chi connectivity index (χ1) is 9.83. The summed E-state index contributed by atoms with van der Waals surface area (Å²) in [4.78, 5) is 4.99. The van der Waals surface area contributed by atoms with Crippen LogP contribution in [-0.4, -0.2) is 44.2 Å². The average Bonchev–Trinajstić information content (AvgIpc) is 2.49. The third-order valence-electron chi connectivity index (χ3n) is 4.58. The number of anilines is 2. The molecule has 1 unspecified atom stereocenters. The summed E-state index contributed by atoms with van der Waals surface area (Å²) in [5.74, 6) is 0. The van der Waals surface area contributed by atoms with Crippen molar-refractivity contribution in [3.63, 3.8) is 0 Å². The Morgan fingerprint density at radius 3 is 2.60 bits per heavy atom. The fourth-order valence-corrected chi connectivity index (χ4v) is 3.51. The van der Waals surface area contributed by atoms with Gasteiger partial charge in [0.1, 0.15) is 0 Å². The lowest BCUT2D eigenvalue weighted by atomic mass is 10.0. The number of nitrogens with zero attached hydrogens (tertiary/aromatic N) is 2. The summed E-state index contributed by atoms with van der Waals surface area (Å²) >= 11 is 0. The average molecular weight is 273 g/mol. The minimum Gasteiger partial charge on any atom is -0.379 e. The zero-order valence-corrected chi connectivity index (χ0v) is 12.6. The van der Waals surface area contributed by atoms with Gasteiger partial charge >= 0.3 is 0 Å². The van der Waals surface area contributed by atoms with E-state index in [0.717, 1.165) is 6.54 Å². The van der Waals surface area contributed by atoms with Gasteiger partial charge in [0.15, 0.2) is 0 Å². The number of hydrogen-bond donors (Lipinski definition) is 1. The van der Waals surface area contributed by atoms with Gasteiger partial charge in [-0.25, -0.2) is 0 Å². The van der Waals surface area contributed by atoms with Gasteiger partial charge in [0, 0.05) is 25.7 Å². The van der Waals surface area contributed by atoms with Crippen LogP contribution in [0.5, 0.6) is 0 Å². The van der Waals surface area contributed by atoms with E-state index < -0.39 is 0 Å². The third-order valence-corrected chi connectivity index (χ3v) is 4.58. The second-order valence-electron chi connectivity index (χ2n) is 6.31. The minimum absolute atomic E-state index is 0.597. The molecule has 0 bridgehead atoms. The van der Waals surface area contributed by atoms with Gasteiger partial charge in [-0.05, 0) is 57.8 Å². The Morgan fingerprint density at radius 2 is 1.80 bits per heavy atom. The molecule has 2 aliphatic rings. The molecule has 3 heteroatoms. The quantitative estimate of drug-likeness (QED) is 0.912. The molecule has 1 N–H and O–H groups in total. The molecule has 0 saturated carbocycles. The van der Waals surface area contributed by atoms with E-state index in [9.17, 15) is 0 Å². The molecular formula is C17H27N3. The van der Waals surface area contributed by atoms with E-state index in [1.54, 1.807) is 0 Å². The second kappa shape index (κ2) is 6.49. The Morgan fingerprint density at radius 1 is 1.00 bits per heavy atom. The molecule has 20 heavy (non-hydrogen) atoms. The highest BCUT2D eigenvalue weighted by atomic mass is 15.2. The largest absolute Gasteiger partial charge is 0.379 e. The molecule has 110 valence electrons. The van der Waals surface area contributed by atoms with Crippen LogP contribution in [0.25, 0.3) is 0 Å². The van der Waals surface area contributed by atoms with Gasteiger partial charge in [0.05, 0.1) is 11.4 Å². The van der Waals surface area contributed by atoms with Gasteiger partial charge in [0.2, 0.25) is 0 Å². The van der Waals surface area contributed by atoms with Crippen LogP contribution in [0.15, 0.2) is 24.3 Å². The molecule has 3 nitrogen and oxygen atoms in total. The molecule has 3 rings (SSSR count). The number of likely N-dealkylation sites (N-methyl/N-ethyl adjacent to an activating group) is 1. The van der Waals surface area contributed by atoms with Crippen molar-refractivity contribution in [3.05, 3.63) is 24.3 Å². The van der Waals surface area contributed by atoms with Crippen LogP contribution >= 0.6 is 0 Å². The van der Waals surface area contributed by atoms with Crippen molar-refractivity contribution in [1.82, 2.24) is 4.90 Å². The Labute approximate surface area is 123 Å². The monoisotopic (exact) mass is 273 g/mol. The van der Waals surface area contributed by atoms with E-state index in [2.05, 4.69) is 46.4 Å². The summed E-state index contributed by atoms with van der Waals surface area (Å²) in [5, 5.41) is 3.79. The molecule has 0 spiro atoms. The SMILES string of the molecule is CN1CCCC(Nc2ccccc2N2CCCCC2)C1. The van der Waals surface area contributed by atoms with Gasteiger partial charge in [-0.3, -0.25) is 0 Å². The number of piperidine rings is 2. The highest BCUT2D eigenvalue weighted by molar-refractivity contribution is 5.70. The lowest BCUT2D eigenvalue weighted by Gasteiger charge is -2.34. The highest BCUT2D eigenvalue weighted by Crippen LogP contribution is 2.29. The summed E-state index contributed by atoms with van der Waals surface area (Å²) in [6.45, 7) is 4.83. The van der Waals surface area contributed by atoms with Crippen molar-refractivity contribution < 1.29 is 0 Å². The summed E-state index contributed by atoms with van der Waals surface area (Å²) in [7, 11) is 2.23. The van der Waals surface area contributed by atoms with Crippen LogP contribution < -0.4 is 10.2 Å². The number of likely N-dealkylation sites (tertiary alicyclic amines) is 1. The zero-order chi connectivity index (χ0) is 13.8. The van der Waals surface area contributed by atoms with Crippen LogP contribution in [0.1, 0.15) is 32.1 Å². The minimum atomic E-state index is 0.597. The Hall–Kier alpha value is -1.22. The van der Waals surface area contributed by atoms with Crippen molar-refractivity contribution in [3.8, 4) is 0 Å². The number of para-hydroxylation sites is 2. The first-order valence-corrected chi connectivity index (χ1v) is 8.12. The summed E-state index contributed by atoms with van der Waals surface area (Å²) < 4.78 is 0. The number of hydrogen-bond acceptors (Lipinski definition) is 3. The topological polar surface area (TPSA) is 18.5 Å². The molecule has 1 atom stereocenters. The molecule has 1 aromatic rings. The van der Waals surface area contributed by atoms with Gasteiger partial charge < -0.3 is 15.1 Å². The van der Waals surface area contributed by atoms with Crippen molar-refractivity contribution in [2.45, 2.75) is 38.1 Å². The summed E-state index contributed by atoms with van der Waals surface area (Å²) in [6, 6.07) is 9.45. The maximum atomic E-state index is 3.79. The van der Waals surface area contributed by atoms with Crippen molar-refractivity contribution in [2.75, 3.05) is 43.4 Å². The Balaban J connectivity index is 1.71. The Bertz CT molecular complexity index is 426. The maximum Gasteiger partial charge on any atom is 0.0602 e. The summed E-state index contributed by atoms with van der Waals surface area (Å²) in [6.07, 6.45) is 6.65.